The number of aliphatic hydroxyl groups excluding tert-OH is 3. The molecule has 0 saturated heterocycles. The SMILES string of the molecule is OC[C@H]1C=C[C@H](O)C[C@H]1O. The van der Waals surface area contributed by atoms with Gasteiger partial charge in [0.1, 0.15) is 0 Å². The van der Waals surface area contributed by atoms with Crippen molar-refractivity contribution < 1.29 is 15.3 Å². The molecule has 0 heterocycles. The topological polar surface area (TPSA) is 60.7 Å². The Bertz CT molecular complexity index is 133. The molecule has 0 amide bonds. The van der Waals surface area contributed by atoms with Crippen LogP contribution < -0.4 is 0 Å². The van der Waals surface area contributed by atoms with Gasteiger partial charge < -0.3 is 15.3 Å². The van der Waals surface area contributed by atoms with Crippen molar-refractivity contribution in [2.24, 2.45) is 5.92 Å². The zero-order chi connectivity index (χ0) is 7.56. The molecule has 0 aromatic carbocycles. The molecule has 3 N–H and O–H groups in total. The molecule has 0 bridgehead atoms. The van der Waals surface area contributed by atoms with Gasteiger partial charge in [0.25, 0.3) is 0 Å². The van der Waals surface area contributed by atoms with Gasteiger partial charge in [-0.05, 0) is 0 Å². The highest BCUT2D eigenvalue weighted by molar-refractivity contribution is 5.01. The maximum atomic E-state index is 9.17. The van der Waals surface area contributed by atoms with E-state index < -0.39 is 12.2 Å². The molecule has 0 spiro atoms. The first-order valence-corrected chi connectivity index (χ1v) is 3.39. The molecule has 0 radical (unpaired) electrons. The second-order valence-corrected chi connectivity index (χ2v) is 2.60. The lowest BCUT2D eigenvalue weighted by Gasteiger charge is -2.23. The Kier molecular flexibility index (Phi) is 2.43. The summed E-state index contributed by atoms with van der Waals surface area (Å²) in [5, 5.41) is 26.8. The summed E-state index contributed by atoms with van der Waals surface area (Å²) in [6.07, 6.45) is 2.46. The fraction of sp³-hybridized carbons (Fsp3) is 0.714. The van der Waals surface area contributed by atoms with Gasteiger partial charge in [-0.15, -0.1) is 0 Å². The average molecular weight is 144 g/mol. The van der Waals surface area contributed by atoms with Crippen LogP contribution in [-0.2, 0) is 0 Å². The lowest BCUT2D eigenvalue weighted by atomic mass is 9.92. The van der Waals surface area contributed by atoms with Crippen molar-refractivity contribution >= 4 is 0 Å². The molecule has 0 aromatic rings. The van der Waals surface area contributed by atoms with Crippen molar-refractivity contribution in [1.29, 1.82) is 0 Å². The van der Waals surface area contributed by atoms with E-state index in [2.05, 4.69) is 0 Å². The van der Waals surface area contributed by atoms with E-state index in [-0.39, 0.29) is 12.5 Å². The van der Waals surface area contributed by atoms with Gasteiger partial charge in [-0.2, -0.15) is 0 Å². The summed E-state index contributed by atoms with van der Waals surface area (Å²) in [6, 6.07) is 0. The monoisotopic (exact) mass is 144 g/mol. The van der Waals surface area contributed by atoms with Crippen molar-refractivity contribution in [2.45, 2.75) is 18.6 Å². The summed E-state index contributed by atoms with van der Waals surface area (Å²) in [5.74, 6) is -0.191. The maximum Gasteiger partial charge on any atom is 0.0745 e. The fourth-order valence-corrected chi connectivity index (χ4v) is 1.08. The zero-order valence-electron chi connectivity index (χ0n) is 5.64. The van der Waals surface area contributed by atoms with E-state index in [0.717, 1.165) is 0 Å². The predicted octanol–water partition coefficient (Wildman–Crippen LogP) is -0.723. The minimum absolute atomic E-state index is 0.0512. The third kappa shape index (κ3) is 1.56. The van der Waals surface area contributed by atoms with Crippen molar-refractivity contribution in [2.75, 3.05) is 6.61 Å². The quantitative estimate of drug-likeness (QED) is 0.425. The summed E-state index contributed by atoms with van der Waals surface area (Å²) in [6.45, 7) is -0.0512. The summed E-state index contributed by atoms with van der Waals surface area (Å²) in [7, 11) is 0. The summed E-state index contributed by atoms with van der Waals surface area (Å²) in [5.41, 5.74) is 0. The lowest BCUT2D eigenvalue weighted by molar-refractivity contribution is 0.0426. The summed E-state index contributed by atoms with van der Waals surface area (Å²) >= 11 is 0. The highest BCUT2D eigenvalue weighted by Crippen LogP contribution is 2.17. The average Bonchev–Trinajstić information content (AvgIpc) is 1.88. The first-order valence-electron chi connectivity index (χ1n) is 3.39. The normalized spacial score (nSPS) is 40.1. The Hall–Kier alpha value is -0.380. The van der Waals surface area contributed by atoms with Crippen LogP contribution in [0.4, 0.5) is 0 Å². The second-order valence-electron chi connectivity index (χ2n) is 2.60. The Balaban J connectivity index is 2.53. The molecule has 58 valence electrons. The van der Waals surface area contributed by atoms with Gasteiger partial charge in [0, 0.05) is 12.3 Å². The van der Waals surface area contributed by atoms with E-state index in [9.17, 15) is 0 Å². The molecular weight excluding hydrogens is 132 g/mol. The molecule has 0 fully saturated rings. The van der Waals surface area contributed by atoms with Gasteiger partial charge in [0.2, 0.25) is 0 Å². The molecule has 1 rings (SSSR count). The predicted molar refractivity (Wildman–Crippen MR) is 36.3 cm³/mol. The van der Waals surface area contributed by atoms with E-state index in [1.165, 1.54) is 0 Å². The third-order valence-electron chi connectivity index (χ3n) is 1.77. The second kappa shape index (κ2) is 3.14. The highest BCUT2D eigenvalue weighted by atomic mass is 16.3. The molecule has 0 unspecified atom stereocenters. The van der Waals surface area contributed by atoms with E-state index in [1.807, 2.05) is 0 Å². The molecule has 1 aliphatic rings. The van der Waals surface area contributed by atoms with Gasteiger partial charge in [-0.3, -0.25) is 0 Å². The minimum Gasteiger partial charge on any atom is -0.396 e. The minimum atomic E-state index is -0.593. The van der Waals surface area contributed by atoms with Gasteiger partial charge in [-0.1, -0.05) is 12.2 Å². The van der Waals surface area contributed by atoms with Crippen LogP contribution in [0.1, 0.15) is 6.42 Å². The molecule has 3 atom stereocenters. The standard InChI is InChI=1S/C7H12O3/c8-4-5-1-2-6(9)3-7(5)10/h1-2,5-10H,3-4H2/t5-,6+,7-/m1/s1. The lowest BCUT2D eigenvalue weighted by Crippen LogP contribution is -2.29. The Morgan fingerprint density at radius 1 is 1.30 bits per heavy atom. The van der Waals surface area contributed by atoms with Crippen molar-refractivity contribution in [1.82, 2.24) is 0 Å². The van der Waals surface area contributed by atoms with Crippen molar-refractivity contribution in [3.8, 4) is 0 Å². The first kappa shape index (κ1) is 7.72. The van der Waals surface area contributed by atoms with Crippen molar-refractivity contribution in [3.63, 3.8) is 0 Å². The highest BCUT2D eigenvalue weighted by Gasteiger charge is 2.22. The van der Waals surface area contributed by atoms with Crippen LogP contribution in [0.5, 0.6) is 0 Å². The van der Waals surface area contributed by atoms with Crippen LogP contribution in [0.2, 0.25) is 0 Å². The zero-order valence-corrected chi connectivity index (χ0v) is 5.64. The van der Waals surface area contributed by atoms with Crippen LogP contribution >= 0.6 is 0 Å². The molecule has 10 heavy (non-hydrogen) atoms. The van der Waals surface area contributed by atoms with E-state index in [1.54, 1.807) is 12.2 Å². The van der Waals surface area contributed by atoms with Crippen LogP contribution in [0.15, 0.2) is 12.2 Å². The maximum absolute atomic E-state index is 9.17. The van der Waals surface area contributed by atoms with E-state index in [0.29, 0.717) is 6.42 Å². The van der Waals surface area contributed by atoms with Crippen molar-refractivity contribution in [3.05, 3.63) is 12.2 Å². The van der Waals surface area contributed by atoms with Gasteiger partial charge in [0.15, 0.2) is 0 Å². The number of rotatable bonds is 1. The first-order chi connectivity index (χ1) is 4.74. The smallest absolute Gasteiger partial charge is 0.0745 e. The third-order valence-corrected chi connectivity index (χ3v) is 1.77. The fourth-order valence-electron chi connectivity index (χ4n) is 1.08. The molecule has 0 aliphatic heterocycles. The number of hydrogen-bond donors (Lipinski definition) is 3. The van der Waals surface area contributed by atoms with Crippen LogP contribution in [-0.4, -0.2) is 34.1 Å². The summed E-state index contributed by atoms with van der Waals surface area (Å²) in [4.78, 5) is 0. The van der Waals surface area contributed by atoms with Gasteiger partial charge in [-0.25, -0.2) is 0 Å². The van der Waals surface area contributed by atoms with Crippen LogP contribution in [0.25, 0.3) is 0 Å². The molecule has 3 nitrogen and oxygen atoms in total. The molecule has 0 aromatic heterocycles. The van der Waals surface area contributed by atoms with Crippen LogP contribution in [0.3, 0.4) is 0 Å². The Labute approximate surface area is 59.6 Å². The van der Waals surface area contributed by atoms with Gasteiger partial charge >= 0.3 is 0 Å². The Morgan fingerprint density at radius 3 is 2.50 bits per heavy atom. The van der Waals surface area contributed by atoms with E-state index >= 15 is 0 Å². The van der Waals surface area contributed by atoms with Gasteiger partial charge in [0.05, 0.1) is 18.8 Å². The molecule has 3 heteroatoms. The number of hydrogen-bond acceptors (Lipinski definition) is 3. The largest absolute Gasteiger partial charge is 0.396 e. The number of aliphatic hydroxyl groups is 3. The molecular formula is C7H12O3. The van der Waals surface area contributed by atoms with Crippen LogP contribution in [0, 0.1) is 5.92 Å². The molecule has 1 aliphatic carbocycles. The summed E-state index contributed by atoms with van der Waals surface area (Å²) < 4.78 is 0. The molecule has 0 saturated carbocycles. The Morgan fingerprint density at radius 2 is 2.00 bits per heavy atom. The van der Waals surface area contributed by atoms with E-state index in [4.69, 9.17) is 15.3 Å².